The molecule has 3 aromatic rings. The van der Waals surface area contributed by atoms with Gasteiger partial charge in [0, 0.05) is 12.2 Å². The van der Waals surface area contributed by atoms with Crippen LogP contribution >= 0.6 is 0 Å². The number of rotatable bonds is 6. The van der Waals surface area contributed by atoms with Gasteiger partial charge in [0.25, 0.3) is 0 Å². The lowest BCUT2D eigenvalue weighted by molar-refractivity contribution is 0.251. The van der Waals surface area contributed by atoms with Crippen molar-refractivity contribution < 1.29 is 13.2 Å². The van der Waals surface area contributed by atoms with Crippen molar-refractivity contribution in [3.05, 3.63) is 90.0 Å². The van der Waals surface area contributed by atoms with Crippen molar-refractivity contribution in [1.29, 1.82) is 0 Å². The maximum atomic E-state index is 12.7. The number of urea groups is 1. The Morgan fingerprint density at radius 2 is 1.36 bits per heavy atom. The zero-order valence-corrected chi connectivity index (χ0v) is 16.4. The van der Waals surface area contributed by atoms with E-state index in [4.69, 9.17) is 0 Å². The molecule has 0 bridgehead atoms. The van der Waals surface area contributed by atoms with Gasteiger partial charge in [-0.3, -0.25) is 0 Å². The van der Waals surface area contributed by atoms with Gasteiger partial charge in [0.05, 0.1) is 9.79 Å². The molecular weight excluding hydrogens is 372 g/mol. The molecule has 0 unspecified atom stereocenters. The van der Waals surface area contributed by atoms with Crippen LogP contribution in [0.1, 0.15) is 18.1 Å². The molecule has 0 fully saturated rings. The third-order valence-electron chi connectivity index (χ3n) is 4.36. The lowest BCUT2D eigenvalue weighted by Gasteiger charge is -2.09. The highest BCUT2D eigenvalue weighted by atomic mass is 32.2. The number of nitrogens with one attached hydrogen (secondary N) is 2. The van der Waals surface area contributed by atoms with Crippen molar-refractivity contribution in [2.45, 2.75) is 29.7 Å². The molecule has 0 saturated carbocycles. The normalized spacial score (nSPS) is 11.0. The summed E-state index contributed by atoms with van der Waals surface area (Å²) in [7, 11) is -3.58. The summed E-state index contributed by atoms with van der Waals surface area (Å²) in [4.78, 5) is 12.5. The highest BCUT2D eigenvalue weighted by molar-refractivity contribution is 7.91. The highest BCUT2D eigenvalue weighted by Crippen LogP contribution is 2.23. The van der Waals surface area contributed by atoms with E-state index in [0.29, 0.717) is 12.2 Å². The van der Waals surface area contributed by atoms with E-state index in [1.165, 1.54) is 12.1 Å². The molecule has 0 aliphatic carbocycles. The number of hydrogen-bond donors (Lipinski definition) is 2. The summed E-state index contributed by atoms with van der Waals surface area (Å²) in [6.07, 6.45) is 0.854. The SMILES string of the molecule is CCc1ccc(S(=O)(=O)c2ccc(NC(=O)NCc3ccccc3)cc2)cc1. The van der Waals surface area contributed by atoms with E-state index in [1.54, 1.807) is 24.3 Å². The average Bonchev–Trinajstić information content (AvgIpc) is 2.73. The smallest absolute Gasteiger partial charge is 0.319 e. The van der Waals surface area contributed by atoms with Gasteiger partial charge in [-0.25, -0.2) is 13.2 Å². The first kappa shape index (κ1) is 19.6. The molecule has 0 heterocycles. The van der Waals surface area contributed by atoms with Crippen molar-refractivity contribution in [1.82, 2.24) is 5.32 Å². The van der Waals surface area contributed by atoms with Gasteiger partial charge in [-0.15, -0.1) is 0 Å². The Balaban J connectivity index is 1.64. The first-order chi connectivity index (χ1) is 13.5. The van der Waals surface area contributed by atoms with E-state index in [9.17, 15) is 13.2 Å². The third-order valence-corrected chi connectivity index (χ3v) is 6.15. The standard InChI is InChI=1S/C22H22N2O3S/c1-2-17-8-12-20(13-9-17)28(26,27)21-14-10-19(11-15-21)24-22(25)23-16-18-6-4-3-5-7-18/h3-15H,2,16H2,1H3,(H2,23,24,25). The summed E-state index contributed by atoms with van der Waals surface area (Å²) < 4.78 is 25.5. The highest BCUT2D eigenvalue weighted by Gasteiger charge is 2.17. The number of sulfone groups is 1. The van der Waals surface area contributed by atoms with Gasteiger partial charge >= 0.3 is 6.03 Å². The largest absolute Gasteiger partial charge is 0.334 e. The van der Waals surface area contributed by atoms with Crippen LogP contribution in [0.2, 0.25) is 0 Å². The molecule has 5 nitrogen and oxygen atoms in total. The Morgan fingerprint density at radius 1 is 0.786 bits per heavy atom. The maximum absolute atomic E-state index is 12.7. The lowest BCUT2D eigenvalue weighted by Crippen LogP contribution is -2.28. The quantitative estimate of drug-likeness (QED) is 0.650. The predicted molar refractivity (Wildman–Crippen MR) is 110 cm³/mol. The van der Waals surface area contributed by atoms with E-state index in [-0.39, 0.29) is 15.8 Å². The van der Waals surface area contributed by atoms with Crippen molar-refractivity contribution in [3.63, 3.8) is 0 Å². The van der Waals surface area contributed by atoms with Crippen LogP contribution in [0.5, 0.6) is 0 Å². The minimum atomic E-state index is -3.58. The van der Waals surface area contributed by atoms with Crippen LogP contribution in [-0.2, 0) is 22.8 Å². The number of carbonyl (C=O) groups is 1. The van der Waals surface area contributed by atoms with Gasteiger partial charge in [-0.1, -0.05) is 49.4 Å². The second kappa shape index (κ2) is 8.71. The van der Waals surface area contributed by atoms with Crippen LogP contribution in [0, 0.1) is 0 Å². The fourth-order valence-corrected chi connectivity index (χ4v) is 3.97. The summed E-state index contributed by atoms with van der Waals surface area (Å²) in [5, 5.41) is 5.46. The molecule has 2 N–H and O–H groups in total. The molecule has 3 rings (SSSR count). The Morgan fingerprint density at radius 3 is 1.93 bits per heavy atom. The van der Waals surface area contributed by atoms with Crippen LogP contribution in [0.25, 0.3) is 0 Å². The fourth-order valence-electron chi connectivity index (χ4n) is 2.71. The Bertz CT molecular complexity index is 1030. The molecule has 0 radical (unpaired) electrons. The second-order valence-corrected chi connectivity index (χ2v) is 8.27. The van der Waals surface area contributed by atoms with E-state index in [0.717, 1.165) is 17.5 Å². The van der Waals surface area contributed by atoms with Crippen LogP contribution in [0.15, 0.2) is 88.7 Å². The summed E-state index contributed by atoms with van der Waals surface area (Å²) in [5.41, 5.74) is 2.60. The van der Waals surface area contributed by atoms with Crippen molar-refractivity contribution in [2.75, 3.05) is 5.32 Å². The van der Waals surface area contributed by atoms with E-state index < -0.39 is 9.84 Å². The lowest BCUT2D eigenvalue weighted by atomic mass is 10.2. The maximum Gasteiger partial charge on any atom is 0.319 e. The molecular formula is C22H22N2O3S. The molecule has 0 spiro atoms. The summed E-state index contributed by atoms with van der Waals surface area (Å²) in [5.74, 6) is 0. The monoisotopic (exact) mass is 394 g/mol. The Kier molecular flexibility index (Phi) is 6.11. The minimum absolute atomic E-state index is 0.187. The van der Waals surface area contributed by atoms with Crippen LogP contribution in [0.3, 0.4) is 0 Å². The molecule has 144 valence electrons. The minimum Gasteiger partial charge on any atom is -0.334 e. The van der Waals surface area contributed by atoms with E-state index >= 15 is 0 Å². The molecule has 0 aliphatic heterocycles. The van der Waals surface area contributed by atoms with Crippen molar-refractivity contribution in [3.8, 4) is 0 Å². The van der Waals surface area contributed by atoms with Crippen LogP contribution in [-0.4, -0.2) is 14.4 Å². The first-order valence-corrected chi connectivity index (χ1v) is 10.5. The van der Waals surface area contributed by atoms with Crippen LogP contribution < -0.4 is 10.6 Å². The molecule has 0 saturated heterocycles. The van der Waals surface area contributed by atoms with Gasteiger partial charge in [0.1, 0.15) is 0 Å². The summed E-state index contributed by atoms with van der Waals surface area (Å²) in [6, 6.07) is 22.3. The van der Waals surface area contributed by atoms with Gasteiger partial charge in [0.2, 0.25) is 9.84 Å². The number of carbonyl (C=O) groups excluding carboxylic acids is 1. The molecule has 6 heteroatoms. The number of anilines is 1. The van der Waals surface area contributed by atoms with Gasteiger partial charge in [-0.05, 0) is 53.9 Å². The first-order valence-electron chi connectivity index (χ1n) is 9.02. The molecule has 0 aliphatic rings. The molecule has 3 aromatic carbocycles. The van der Waals surface area contributed by atoms with Crippen LogP contribution in [0.4, 0.5) is 10.5 Å². The van der Waals surface area contributed by atoms with E-state index in [2.05, 4.69) is 10.6 Å². The predicted octanol–water partition coefficient (Wildman–Crippen LogP) is 4.40. The van der Waals surface area contributed by atoms with Crippen molar-refractivity contribution >= 4 is 21.6 Å². The van der Waals surface area contributed by atoms with Gasteiger partial charge in [0.15, 0.2) is 0 Å². The molecule has 0 aromatic heterocycles. The van der Waals surface area contributed by atoms with Gasteiger partial charge in [-0.2, -0.15) is 0 Å². The van der Waals surface area contributed by atoms with Crippen molar-refractivity contribution in [2.24, 2.45) is 0 Å². The summed E-state index contributed by atoms with van der Waals surface area (Å²) >= 11 is 0. The molecule has 28 heavy (non-hydrogen) atoms. The molecule has 2 amide bonds. The molecule has 0 atom stereocenters. The number of hydrogen-bond acceptors (Lipinski definition) is 3. The topological polar surface area (TPSA) is 75.3 Å². The zero-order chi connectivity index (χ0) is 20.0. The second-order valence-electron chi connectivity index (χ2n) is 6.32. The number of benzene rings is 3. The average molecular weight is 394 g/mol. The van der Waals surface area contributed by atoms with E-state index in [1.807, 2.05) is 49.4 Å². The Hall–Kier alpha value is -3.12. The number of aryl methyl sites for hydroxylation is 1. The summed E-state index contributed by atoms with van der Waals surface area (Å²) in [6.45, 7) is 2.43. The fraction of sp³-hybridized carbons (Fsp3) is 0.136. The third kappa shape index (κ3) is 4.78. The zero-order valence-electron chi connectivity index (χ0n) is 15.6. The Labute approximate surface area is 165 Å². The van der Waals surface area contributed by atoms with Gasteiger partial charge < -0.3 is 10.6 Å². The number of amides is 2.